The van der Waals surface area contributed by atoms with Gasteiger partial charge in [-0.3, -0.25) is 15.1 Å². The van der Waals surface area contributed by atoms with E-state index in [4.69, 9.17) is 5.73 Å². The molecule has 0 spiro atoms. The Morgan fingerprint density at radius 1 is 1.67 bits per heavy atom. The summed E-state index contributed by atoms with van der Waals surface area (Å²) in [6.07, 6.45) is 2.73. The van der Waals surface area contributed by atoms with Gasteiger partial charge in [0.05, 0.1) is 4.92 Å². The van der Waals surface area contributed by atoms with E-state index < -0.39 is 4.92 Å². The Hall–Kier alpha value is -1.49. The Morgan fingerprint density at radius 3 is 2.83 bits per heavy atom. The summed E-state index contributed by atoms with van der Waals surface area (Å²) in [5.41, 5.74) is 6.17. The molecule has 0 aliphatic heterocycles. The molecule has 0 unspecified atom stereocenters. The molecular formula is C7H9N3O2. The minimum Gasteiger partial charge on any atom is -0.324 e. The van der Waals surface area contributed by atoms with Crippen LogP contribution in [0.2, 0.25) is 0 Å². The lowest BCUT2D eigenvalue weighted by molar-refractivity contribution is -0.385. The van der Waals surface area contributed by atoms with Gasteiger partial charge >= 0.3 is 0 Å². The Labute approximate surface area is 69.4 Å². The Balaban J connectivity index is 3.04. The number of rotatable bonds is 2. The number of hydrogen-bond acceptors (Lipinski definition) is 4. The lowest BCUT2D eigenvalue weighted by Gasteiger charge is -2.02. The Morgan fingerprint density at radius 2 is 2.33 bits per heavy atom. The first kappa shape index (κ1) is 8.61. The normalized spacial score (nSPS) is 12.5. The average molecular weight is 167 g/mol. The number of pyridine rings is 1. The minimum atomic E-state index is -0.487. The third-order valence-corrected chi connectivity index (χ3v) is 1.48. The van der Waals surface area contributed by atoms with Crippen LogP contribution in [-0.4, -0.2) is 9.91 Å². The maximum atomic E-state index is 10.3. The monoisotopic (exact) mass is 167 g/mol. The summed E-state index contributed by atoms with van der Waals surface area (Å²) < 4.78 is 0. The van der Waals surface area contributed by atoms with E-state index in [9.17, 15) is 10.1 Å². The summed E-state index contributed by atoms with van der Waals surface area (Å²) in [4.78, 5) is 13.5. The summed E-state index contributed by atoms with van der Waals surface area (Å²) in [6, 6.07) is 1.20. The van der Waals surface area contributed by atoms with Crippen LogP contribution in [0, 0.1) is 10.1 Å². The van der Waals surface area contributed by atoms with Gasteiger partial charge in [0, 0.05) is 18.3 Å². The molecule has 64 valence electrons. The number of nitrogens with zero attached hydrogens (tertiary/aromatic N) is 2. The topological polar surface area (TPSA) is 82.0 Å². The van der Waals surface area contributed by atoms with Gasteiger partial charge in [0.1, 0.15) is 6.20 Å². The molecule has 5 nitrogen and oxygen atoms in total. The first-order valence-corrected chi connectivity index (χ1v) is 3.46. The molecule has 0 aliphatic carbocycles. The van der Waals surface area contributed by atoms with Gasteiger partial charge in [0.2, 0.25) is 0 Å². The SMILES string of the molecule is C[C@@H](N)c1cncc([N+](=O)[O-])c1. The molecular weight excluding hydrogens is 158 g/mol. The van der Waals surface area contributed by atoms with Crippen LogP contribution in [0.25, 0.3) is 0 Å². The number of hydrogen-bond donors (Lipinski definition) is 1. The van der Waals surface area contributed by atoms with Gasteiger partial charge in [-0.05, 0) is 12.5 Å². The highest BCUT2D eigenvalue weighted by atomic mass is 16.6. The van der Waals surface area contributed by atoms with Crippen molar-refractivity contribution in [1.82, 2.24) is 4.98 Å². The van der Waals surface area contributed by atoms with Crippen molar-refractivity contribution in [3.05, 3.63) is 34.1 Å². The van der Waals surface area contributed by atoms with Gasteiger partial charge in [-0.15, -0.1) is 0 Å². The third-order valence-electron chi connectivity index (χ3n) is 1.48. The fraction of sp³-hybridized carbons (Fsp3) is 0.286. The molecule has 0 radical (unpaired) electrons. The van der Waals surface area contributed by atoms with Crippen LogP contribution in [0.3, 0.4) is 0 Å². The smallest absolute Gasteiger partial charge is 0.287 e. The Kier molecular flexibility index (Phi) is 2.35. The molecule has 0 bridgehead atoms. The average Bonchev–Trinajstić information content (AvgIpc) is 2.04. The van der Waals surface area contributed by atoms with Crippen molar-refractivity contribution in [1.29, 1.82) is 0 Å². The van der Waals surface area contributed by atoms with E-state index in [1.165, 1.54) is 18.5 Å². The standard InChI is InChI=1S/C7H9N3O2/c1-5(8)6-2-7(10(11)12)4-9-3-6/h2-5H,8H2,1H3/t5-/m1/s1. The van der Waals surface area contributed by atoms with E-state index >= 15 is 0 Å². The van der Waals surface area contributed by atoms with Gasteiger partial charge in [-0.2, -0.15) is 0 Å². The van der Waals surface area contributed by atoms with E-state index in [0.717, 1.165) is 0 Å². The maximum Gasteiger partial charge on any atom is 0.287 e. The molecule has 1 rings (SSSR count). The van der Waals surface area contributed by atoms with E-state index in [1.54, 1.807) is 6.92 Å². The molecule has 1 aromatic heterocycles. The fourth-order valence-corrected chi connectivity index (χ4v) is 0.794. The van der Waals surface area contributed by atoms with Gasteiger partial charge in [0.25, 0.3) is 5.69 Å². The summed E-state index contributed by atoms with van der Waals surface area (Å²) >= 11 is 0. The van der Waals surface area contributed by atoms with E-state index in [2.05, 4.69) is 4.98 Å². The predicted molar refractivity (Wildman–Crippen MR) is 43.5 cm³/mol. The second kappa shape index (κ2) is 3.27. The number of nitro groups is 1. The van der Waals surface area contributed by atoms with Crippen LogP contribution in [0.1, 0.15) is 18.5 Å². The van der Waals surface area contributed by atoms with E-state index in [1.807, 2.05) is 0 Å². The highest BCUT2D eigenvalue weighted by Crippen LogP contribution is 2.14. The second-order valence-corrected chi connectivity index (χ2v) is 2.52. The molecule has 0 fully saturated rings. The molecule has 0 amide bonds. The van der Waals surface area contributed by atoms with Gasteiger partial charge in [0.15, 0.2) is 0 Å². The van der Waals surface area contributed by atoms with Crippen LogP contribution in [-0.2, 0) is 0 Å². The molecule has 1 aromatic rings. The molecule has 2 N–H and O–H groups in total. The van der Waals surface area contributed by atoms with Gasteiger partial charge < -0.3 is 5.73 Å². The van der Waals surface area contributed by atoms with Crippen LogP contribution in [0.4, 0.5) is 5.69 Å². The van der Waals surface area contributed by atoms with Crippen molar-refractivity contribution >= 4 is 5.69 Å². The number of aromatic nitrogens is 1. The van der Waals surface area contributed by atoms with Crippen molar-refractivity contribution in [2.24, 2.45) is 5.73 Å². The molecule has 0 aliphatic rings. The molecule has 0 aromatic carbocycles. The molecule has 0 saturated heterocycles. The highest BCUT2D eigenvalue weighted by molar-refractivity contribution is 5.31. The first-order valence-electron chi connectivity index (χ1n) is 3.46. The van der Waals surface area contributed by atoms with Crippen LogP contribution < -0.4 is 5.73 Å². The summed E-state index contributed by atoms with van der Waals surface area (Å²) in [7, 11) is 0. The van der Waals surface area contributed by atoms with Crippen molar-refractivity contribution in [3.63, 3.8) is 0 Å². The molecule has 12 heavy (non-hydrogen) atoms. The van der Waals surface area contributed by atoms with Gasteiger partial charge in [-0.25, -0.2) is 0 Å². The van der Waals surface area contributed by atoms with Crippen molar-refractivity contribution in [3.8, 4) is 0 Å². The highest BCUT2D eigenvalue weighted by Gasteiger charge is 2.08. The zero-order valence-electron chi connectivity index (χ0n) is 6.60. The van der Waals surface area contributed by atoms with Crippen molar-refractivity contribution < 1.29 is 4.92 Å². The Bertz CT molecular complexity index is 298. The largest absolute Gasteiger partial charge is 0.324 e. The summed E-state index contributed by atoms with van der Waals surface area (Å²) in [6.45, 7) is 1.75. The first-order chi connectivity index (χ1) is 5.61. The molecule has 0 saturated carbocycles. The molecule has 5 heteroatoms. The van der Waals surface area contributed by atoms with Crippen molar-refractivity contribution in [2.75, 3.05) is 0 Å². The fourth-order valence-electron chi connectivity index (χ4n) is 0.794. The van der Waals surface area contributed by atoms with Crippen molar-refractivity contribution in [2.45, 2.75) is 13.0 Å². The van der Waals surface area contributed by atoms with Crippen LogP contribution >= 0.6 is 0 Å². The van der Waals surface area contributed by atoms with E-state index in [0.29, 0.717) is 5.56 Å². The zero-order valence-corrected chi connectivity index (χ0v) is 6.60. The molecule has 1 heterocycles. The van der Waals surface area contributed by atoms with Gasteiger partial charge in [-0.1, -0.05) is 0 Å². The predicted octanol–water partition coefficient (Wildman–Crippen LogP) is 1.01. The second-order valence-electron chi connectivity index (χ2n) is 2.52. The summed E-state index contributed by atoms with van der Waals surface area (Å²) in [5.74, 6) is 0. The lowest BCUT2D eigenvalue weighted by atomic mass is 10.1. The summed E-state index contributed by atoms with van der Waals surface area (Å²) in [5, 5.41) is 10.3. The number of nitrogens with two attached hydrogens (primary N) is 1. The zero-order chi connectivity index (χ0) is 9.14. The quantitative estimate of drug-likeness (QED) is 0.526. The molecule has 1 atom stereocenters. The van der Waals surface area contributed by atoms with E-state index in [-0.39, 0.29) is 11.7 Å². The maximum absolute atomic E-state index is 10.3. The van der Waals surface area contributed by atoms with Crippen LogP contribution in [0.5, 0.6) is 0 Å². The third kappa shape index (κ3) is 1.76. The minimum absolute atomic E-state index is 0.0233. The lowest BCUT2D eigenvalue weighted by Crippen LogP contribution is -2.05. The van der Waals surface area contributed by atoms with Crippen LogP contribution in [0.15, 0.2) is 18.5 Å².